The summed E-state index contributed by atoms with van der Waals surface area (Å²) >= 11 is 11.9. The summed E-state index contributed by atoms with van der Waals surface area (Å²) in [6.07, 6.45) is 0. The van der Waals surface area contributed by atoms with Gasteiger partial charge < -0.3 is 4.90 Å². The van der Waals surface area contributed by atoms with E-state index in [0.29, 0.717) is 21.7 Å². The third-order valence-corrected chi connectivity index (χ3v) is 4.04. The Morgan fingerprint density at radius 1 is 1.16 bits per heavy atom. The Balaban J connectivity index is 2.05. The monoisotopic (exact) mass is 300 g/mol. The Bertz CT molecular complexity index is 469. The molecule has 0 bridgehead atoms. The molecule has 0 spiro atoms. The van der Waals surface area contributed by atoms with Gasteiger partial charge in [-0.05, 0) is 32.0 Å². The molecule has 104 valence electrons. The molecule has 0 saturated carbocycles. The molecule has 0 N–H and O–H groups in total. The number of hydrogen-bond acceptors (Lipinski definition) is 2. The molecule has 0 radical (unpaired) electrons. The average Bonchev–Trinajstić information content (AvgIpc) is 2.38. The van der Waals surface area contributed by atoms with Crippen LogP contribution >= 0.6 is 23.2 Å². The van der Waals surface area contributed by atoms with Crippen LogP contribution in [-0.4, -0.2) is 47.9 Å². The maximum absolute atomic E-state index is 12.4. The van der Waals surface area contributed by atoms with Crippen molar-refractivity contribution in [1.29, 1.82) is 0 Å². The maximum Gasteiger partial charge on any atom is 0.255 e. The van der Waals surface area contributed by atoms with E-state index in [9.17, 15) is 4.79 Å². The highest BCUT2D eigenvalue weighted by molar-refractivity contribution is 6.36. The number of halogens is 2. The van der Waals surface area contributed by atoms with E-state index >= 15 is 0 Å². The van der Waals surface area contributed by atoms with E-state index in [-0.39, 0.29) is 5.91 Å². The fourth-order valence-corrected chi connectivity index (χ4v) is 2.76. The van der Waals surface area contributed by atoms with Crippen LogP contribution in [-0.2, 0) is 0 Å². The third kappa shape index (κ3) is 3.41. The van der Waals surface area contributed by atoms with Gasteiger partial charge in [-0.25, -0.2) is 0 Å². The van der Waals surface area contributed by atoms with E-state index < -0.39 is 0 Å². The number of amides is 1. The molecule has 0 atom stereocenters. The lowest BCUT2D eigenvalue weighted by Gasteiger charge is -2.37. The van der Waals surface area contributed by atoms with Crippen molar-refractivity contribution in [2.45, 2.75) is 19.9 Å². The summed E-state index contributed by atoms with van der Waals surface area (Å²) in [5.41, 5.74) is 0.532. The van der Waals surface area contributed by atoms with Gasteiger partial charge in [-0.3, -0.25) is 9.69 Å². The van der Waals surface area contributed by atoms with Crippen LogP contribution in [0.3, 0.4) is 0 Å². The van der Waals surface area contributed by atoms with Crippen molar-refractivity contribution in [3.05, 3.63) is 33.8 Å². The van der Waals surface area contributed by atoms with Crippen molar-refractivity contribution in [2.24, 2.45) is 0 Å². The quantitative estimate of drug-likeness (QED) is 0.838. The molecule has 19 heavy (non-hydrogen) atoms. The molecule has 5 heteroatoms. The van der Waals surface area contributed by atoms with E-state index in [1.807, 2.05) is 4.90 Å². The van der Waals surface area contributed by atoms with E-state index in [1.165, 1.54) is 0 Å². The Hall–Kier alpha value is -0.770. The molecular weight excluding hydrogens is 283 g/mol. The van der Waals surface area contributed by atoms with Crippen molar-refractivity contribution < 1.29 is 4.79 Å². The van der Waals surface area contributed by atoms with Crippen molar-refractivity contribution in [3.63, 3.8) is 0 Å². The Kier molecular flexibility index (Phi) is 4.71. The number of hydrogen-bond donors (Lipinski definition) is 0. The van der Waals surface area contributed by atoms with Crippen LogP contribution in [0.15, 0.2) is 18.2 Å². The molecule has 0 aliphatic carbocycles. The van der Waals surface area contributed by atoms with Crippen LogP contribution in [0.2, 0.25) is 10.0 Å². The Morgan fingerprint density at radius 2 is 1.79 bits per heavy atom. The fraction of sp³-hybridized carbons (Fsp3) is 0.500. The molecule has 3 nitrogen and oxygen atoms in total. The first-order valence-corrected chi connectivity index (χ1v) is 7.23. The second-order valence-corrected chi connectivity index (χ2v) is 5.89. The zero-order valence-corrected chi connectivity index (χ0v) is 12.7. The molecule has 1 aromatic rings. The molecule has 1 aliphatic heterocycles. The van der Waals surface area contributed by atoms with Crippen molar-refractivity contribution >= 4 is 29.1 Å². The summed E-state index contributed by atoms with van der Waals surface area (Å²) in [6, 6.07) is 5.53. The summed E-state index contributed by atoms with van der Waals surface area (Å²) in [5, 5.41) is 0.968. The molecule has 1 fully saturated rings. The summed E-state index contributed by atoms with van der Waals surface area (Å²) in [4.78, 5) is 16.6. The van der Waals surface area contributed by atoms with Gasteiger partial charge in [0.1, 0.15) is 0 Å². The standard InChI is InChI=1S/C14H18Cl2N2O/c1-10(2)17-5-7-18(8-6-17)14(19)12-4-3-11(15)9-13(12)16/h3-4,9-10H,5-8H2,1-2H3. The van der Waals surface area contributed by atoms with E-state index in [0.717, 1.165) is 26.2 Å². The summed E-state index contributed by atoms with van der Waals surface area (Å²) in [7, 11) is 0. The van der Waals surface area contributed by atoms with Crippen molar-refractivity contribution in [3.8, 4) is 0 Å². The molecule has 0 aromatic heterocycles. The van der Waals surface area contributed by atoms with Crippen LogP contribution in [0.1, 0.15) is 24.2 Å². The SMILES string of the molecule is CC(C)N1CCN(C(=O)c2ccc(Cl)cc2Cl)CC1. The molecule has 1 heterocycles. The highest BCUT2D eigenvalue weighted by Gasteiger charge is 2.24. The van der Waals surface area contributed by atoms with Gasteiger partial charge in [0, 0.05) is 37.2 Å². The number of piperazine rings is 1. The van der Waals surface area contributed by atoms with Gasteiger partial charge in [0.2, 0.25) is 0 Å². The lowest BCUT2D eigenvalue weighted by molar-refractivity contribution is 0.0595. The minimum absolute atomic E-state index is 0.00919. The van der Waals surface area contributed by atoms with Crippen molar-refractivity contribution in [2.75, 3.05) is 26.2 Å². The van der Waals surface area contributed by atoms with E-state index in [1.54, 1.807) is 18.2 Å². The number of carbonyl (C=O) groups excluding carboxylic acids is 1. The molecule has 0 unspecified atom stereocenters. The number of benzene rings is 1. The van der Waals surface area contributed by atoms with Gasteiger partial charge in [-0.2, -0.15) is 0 Å². The first-order valence-electron chi connectivity index (χ1n) is 6.47. The topological polar surface area (TPSA) is 23.6 Å². The molecule has 1 saturated heterocycles. The summed E-state index contributed by atoms with van der Waals surface area (Å²) in [6.45, 7) is 7.66. The van der Waals surface area contributed by atoms with E-state index in [2.05, 4.69) is 18.7 Å². The van der Waals surface area contributed by atoms with Crippen molar-refractivity contribution in [1.82, 2.24) is 9.80 Å². The van der Waals surface area contributed by atoms with Gasteiger partial charge >= 0.3 is 0 Å². The first kappa shape index (κ1) is 14.6. The van der Waals surface area contributed by atoms with E-state index in [4.69, 9.17) is 23.2 Å². The molecule has 1 aromatic carbocycles. The van der Waals surface area contributed by atoms with Gasteiger partial charge in [0.15, 0.2) is 0 Å². The average molecular weight is 301 g/mol. The zero-order chi connectivity index (χ0) is 14.0. The summed E-state index contributed by atoms with van der Waals surface area (Å²) < 4.78 is 0. The predicted molar refractivity (Wildman–Crippen MR) is 79.1 cm³/mol. The molecular formula is C14H18Cl2N2O. The zero-order valence-electron chi connectivity index (χ0n) is 11.2. The highest BCUT2D eigenvalue weighted by atomic mass is 35.5. The maximum atomic E-state index is 12.4. The van der Waals surface area contributed by atoms with Crippen LogP contribution in [0.4, 0.5) is 0 Å². The van der Waals surface area contributed by atoms with Gasteiger partial charge in [-0.15, -0.1) is 0 Å². The molecule has 1 aliphatic rings. The number of carbonyl (C=O) groups is 1. The molecule has 1 amide bonds. The van der Waals surface area contributed by atoms with Gasteiger partial charge in [-0.1, -0.05) is 23.2 Å². The lowest BCUT2D eigenvalue weighted by atomic mass is 10.1. The first-order chi connectivity index (χ1) is 8.99. The molecule has 2 rings (SSSR count). The van der Waals surface area contributed by atoms with Crippen LogP contribution in [0.5, 0.6) is 0 Å². The Morgan fingerprint density at radius 3 is 2.32 bits per heavy atom. The minimum atomic E-state index is -0.00919. The van der Waals surface area contributed by atoms with Gasteiger partial charge in [0.25, 0.3) is 5.91 Å². The largest absolute Gasteiger partial charge is 0.336 e. The minimum Gasteiger partial charge on any atom is -0.336 e. The van der Waals surface area contributed by atoms with Crippen LogP contribution in [0, 0.1) is 0 Å². The summed E-state index contributed by atoms with van der Waals surface area (Å²) in [5.74, 6) is -0.00919. The fourth-order valence-electron chi connectivity index (χ4n) is 2.27. The van der Waals surface area contributed by atoms with Gasteiger partial charge in [0.05, 0.1) is 10.6 Å². The van der Waals surface area contributed by atoms with Crippen LogP contribution in [0.25, 0.3) is 0 Å². The lowest BCUT2D eigenvalue weighted by Crippen LogP contribution is -2.50. The second kappa shape index (κ2) is 6.12. The number of rotatable bonds is 2. The second-order valence-electron chi connectivity index (χ2n) is 5.05. The normalized spacial score (nSPS) is 17.0. The van der Waals surface area contributed by atoms with Crippen LogP contribution < -0.4 is 0 Å². The predicted octanol–water partition coefficient (Wildman–Crippen LogP) is 3.16. The number of nitrogens with zero attached hydrogens (tertiary/aromatic N) is 2. The Labute approximate surface area is 124 Å². The third-order valence-electron chi connectivity index (χ3n) is 3.49. The highest BCUT2D eigenvalue weighted by Crippen LogP contribution is 2.22. The smallest absolute Gasteiger partial charge is 0.255 e.